The first kappa shape index (κ1) is 22.4. The van der Waals surface area contributed by atoms with Crippen molar-refractivity contribution in [2.45, 2.75) is 31.8 Å². The summed E-state index contributed by atoms with van der Waals surface area (Å²) in [6.45, 7) is 1.23. The molecule has 0 aliphatic heterocycles. The number of carbonyl (C=O) groups is 4. The van der Waals surface area contributed by atoms with Crippen LogP contribution in [0.5, 0.6) is 0 Å². The van der Waals surface area contributed by atoms with Gasteiger partial charge < -0.3 is 26.6 Å². The molecule has 6 N–H and O–H groups in total. The van der Waals surface area contributed by atoms with Gasteiger partial charge in [-0.25, -0.2) is 0 Å². The Morgan fingerprint density at radius 2 is 1.92 bits per heavy atom. The topological polar surface area (TPSA) is 159 Å². The Labute approximate surface area is 151 Å². The molecule has 136 valence electrons. The number of nitrogens with two attached hydrogens (primary N) is 1. The molecule has 0 aliphatic carbocycles. The van der Waals surface area contributed by atoms with E-state index in [1.165, 1.54) is 11.8 Å². The average molecular weight is 426 g/mol. The molecule has 24 heavy (non-hydrogen) atoms. The maximum absolute atomic E-state index is 12.0. The minimum absolute atomic E-state index is 0.0712. The predicted molar refractivity (Wildman–Crippen MR) is 92.6 cm³/mol. The number of carbonyl (C=O) groups excluding carboxylic acids is 2. The SMILES string of the molecule is CC(Br)=CSC[C@H](NC(=O)CC[C@H](N)C(=O)O)C(=O)NCC(=O)O. The van der Waals surface area contributed by atoms with Crippen LogP contribution in [0.3, 0.4) is 0 Å². The van der Waals surface area contributed by atoms with Crippen molar-refractivity contribution in [3.63, 3.8) is 0 Å². The first-order valence-corrected chi connectivity index (χ1v) is 8.68. The Bertz CT molecular complexity index is 510. The molecule has 0 aromatic rings. The Kier molecular flexibility index (Phi) is 11.1. The molecule has 0 heterocycles. The highest BCUT2D eigenvalue weighted by molar-refractivity contribution is 9.11. The van der Waals surface area contributed by atoms with Gasteiger partial charge in [0.15, 0.2) is 0 Å². The minimum Gasteiger partial charge on any atom is -0.480 e. The normalized spacial score (nSPS) is 13.7. The first-order chi connectivity index (χ1) is 11.1. The molecule has 0 rings (SSSR count). The van der Waals surface area contributed by atoms with Crippen LogP contribution < -0.4 is 16.4 Å². The van der Waals surface area contributed by atoms with Gasteiger partial charge in [-0.1, -0.05) is 15.9 Å². The van der Waals surface area contributed by atoms with E-state index >= 15 is 0 Å². The molecule has 2 amide bonds. The van der Waals surface area contributed by atoms with Crippen molar-refractivity contribution >= 4 is 51.4 Å². The molecule has 11 heteroatoms. The standard InChI is InChI=1S/C13H20BrN3O6S/c1-7(14)5-24-6-9(12(21)16-4-11(19)20)17-10(18)3-2-8(15)13(22)23/h5,8-9H,2-4,6,15H2,1H3,(H,16,21)(H,17,18)(H,19,20)(H,22,23)/t8-,9-/m0/s1. The van der Waals surface area contributed by atoms with E-state index in [0.717, 1.165) is 4.48 Å². The number of allylic oxidation sites excluding steroid dienone is 1. The van der Waals surface area contributed by atoms with Crippen LogP contribution in [0.4, 0.5) is 0 Å². The molecule has 2 atom stereocenters. The Balaban J connectivity index is 4.63. The fourth-order valence-electron chi connectivity index (χ4n) is 1.40. The summed E-state index contributed by atoms with van der Waals surface area (Å²) >= 11 is 4.47. The Morgan fingerprint density at radius 1 is 1.29 bits per heavy atom. The third kappa shape index (κ3) is 11.0. The van der Waals surface area contributed by atoms with Crippen LogP contribution in [0, 0.1) is 0 Å². The number of halogens is 1. The van der Waals surface area contributed by atoms with Crippen molar-refractivity contribution < 1.29 is 29.4 Å². The van der Waals surface area contributed by atoms with Gasteiger partial charge in [-0.2, -0.15) is 0 Å². The highest BCUT2D eigenvalue weighted by Gasteiger charge is 2.22. The lowest BCUT2D eigenvalue weighted by atomic mass is 10.1. The third-order valence-electron chi connectivity index (χ3n) is 2.57. The van der Waals surface area contributed by atoms with Crippen molar-refractivity contribution in [3.05, 3.63) is 9.89 Å². The fourth-order valence-corrected chi connectivity index (χ4v) is 2.55. The quantitative estimate of drug-likeness (QED) is 0.305. The van der Waals surface area contributed by atoms with Gasteiger partial charge in [-0.3, -0.25) is 19.2 Å². The van der Waals surface area contributed by atoms with E-state index in [-0.39, 0.29) is 18.6 Å². The molecule has 0 aromatic carbocycles. The summed E-state index contributed by atoms with van der Waals surface area (Å²) in [4.78, 5) is 44.9. The second kappa shape index (κ2) is 11.9. The molecule has 0 fully saturated rings. The van der Waals surface area contributed by atoms with E-state index in [0.29, 0.717) is 0 Å². The van der Waals surface area contributed by atoms with Gasteiger partial charge in [0.25, 0.3) is 0 Å². The lowest BCUT2D eigenvalue weighted by molar-refractivity contribution is -0.139. The maximum Gasteiger partial charge on any atom is 0.322 e. The fraction of sp³-hybridized carbons (Fsp3) is 0.538. The second-order valence-electron chi connectivity index (χ2n) is 4.75. The monoisotopic (exact) mass is 425 g/mol. The number of carboxylic acid groups (broad SMARTS) is 2. The number of hydrogen-bond acceptors (Lipinski definition) is 6. The summed E-state index contributed by atoms with van der Waals surface area (Å²) in [7, 11) is 0. The van der Waals surface area contributed by atoms with Crippen molar-refractivity contribution in [2.24, 2.45) is 5.73 Å². The predicted octanol–water partition coefficient (Wildman–Crippen LogP) is -0.146. The van der Waals surface area contributed by atoms with Crippen LogP contribution in [-0.4, -0.2) is 58.3 Å². The van der Waals surface area contributed by atoms with Gasteiger partial charge in [0.2, 0.25) is 11.8 Å². The van der Waals surface area contributed by atoms with Crippen molar-refractivity contribution in [1.29, 1.82) is 0 Å². The number of hydrogen-bond donors (Lipinski definition) is 5. The van der Waals surface area contributed by atoms with E-state index in [4.69, 9.17) is 15.9 Å². The Hall–Kier alpha value is -1.59. The zero-order valence-corrected chi connectivity index (χ0v) is 15.4. The van der Waals surface area contributed by atoms with Gasteiger partial charge >= 0.3 is 11.9 Å². The number of rotatable bonds is 11. The number of aliphatic carboxylic acids is 2. The van der Waals surface area contributed by atoms with Gasteiger partial charge in [-0.15, -0.1) is 11.8 Å². The molecular formula is C13H20BrN3O6S. The number of thioether (sulfide) groups is 1. The van der Waals surface area contributed by atoms with Crippen LogP contribution in [0.2, 0.25) is 0 Å². The molecular weight excluding hydrogens is 406 g/mol. The summed E-state index contributed by atoms with van der Waals surface area (Å²) in [5.74, 6) is -3.41. The zero-order chi connectivity index (χ0) is 18.7. The summed E-state index contributed by atoms with van der Waals surface area (Å²) in [5, 5.41) is 23.6. The number of amides is 2. The molecule has 0 spiro atoms. The van der Waals surface area contributed by atoms with E-state index in [1.807, 2.05) is 0 Å². The maximum atomic E-state index is 12.0. The zero-order valence-electron chi connectivity index (χ0n) is 13.0. The molecule has 0 bridgehead atoms. The van der Waals surface area contributed by atoms with Gasteiger partial charge in [-0.05, 0) is 23.2 Å². The van der Waals surface area contributed by atoms with E-state index in [1.54, 1.807) is 12.3 Å². The van der Waals surface area contributed by atoms with Gasteiger partial charge in [0.1, 0.15) is 18.6 Å². The highest BCUT2D eigenvalue weighted by atomic mass is 79.9. The van der Waals surface area contributed by atoms with E-state index < -0.39 is 42.4 Å². The average Bonchev–Trinajstić information content (AvgIpc) is 2.48. The smallest absolute Gasteiger partial charge is 0.322 e. The number of carboxylic acids is 2. The summed E-state index contributed by atoms with van der Waals surface area (Å²) in [6, 6.07) is -2.12. The lowest BCUT2D eigenvalue weighted by Crippen LogP contribution is -2.49. The lowest BCUT2D eigenvalue weighted by Gasteiger charge is -2.17. The van der Waals surface area contributed by atoms with Crippen LogP contribution >= 0.6 is 27.7 Å². The van der Waals surface area contributed by atoms with Crippen molar-refractivity contribution in [3.8, 4) is 0 Å². The molecule has 0 saturated carbocycles. The second-order valence-corrected chi connectivity index (χ2v) is 6.91. The summed E-state index contributed by atoms with van der Waals surface area (Å²) < 4.78 is 0.830. The molecule has 0 radical (unpaired) electrons. The number of nitrogens with one attached hydrogen (secondary N) is 2. The summed E-state index contributed by atoms with van der Waals surface area (Å²) in [6.07, 6.45) is -0.230. The van der Waals surface area contributed by atoms with E-state index in [2.05, 4.69) is 26.6 Å². The van der Waals surface area contributed by atoms with Gasteiger partial charge in [0, 0.05) is 12.2 Å². The molecule has 9 nitrogen and oxygen atoms in total. The first-order valence-electron chi connectivity index (χ1n) is 6.84. The van der Waals surface area contributed by atoms with Crippen LogP contribution in [0.1, 0.15) is 19.8 Å². The van der Waals surface area contributed by atoms with Crippen LogP contribution in [-0.2, 0) is 19.2 Å². The van der Waals surface area contributed by atoms with Crippen molar-refractivity contribution in [2.75, 3.05) is 12.3 Å². The summed E-state index contributed by atoms with van der Waals surface area (Å²) in [5.41, 5.74) is 5.31. The third-order valence-corrected chi connectivity index (χ3v) is 4.15. The molecule has 0 saturated heterocycles. The van der Waals surface area contributed by atoms with E-state index in [9.17, 15) is 19.2 Å². The van der Waals surface area contributed by atoms with Gasteiger partial charge in [0.05, 0.1) is 0 Å². The Morgan fingerprint density at radius 3 is 2.42 bits per heavy atom. The molecule has 0 aliphatic rings. The molecule has 0 unspecified atom stereocenters. The highest BCUT2D eigenvalue weighted by Crippen LogP contribution is 2.13. The largest absolute Gasteiger partial charge is 0.480 e. The minimum atomic E-state index is -1.22. The molecule has 0 aromatic heterocycles. The van der Waals surface area contributed by atoms with Crippen molar-refractivity contribution in [1.82, 2.24) is 10.6 Å². The van der Waals surface area contributed by atoms with Crippen LogP contribution in [0.15, 0.2) is 9.89 Å². The van der Waals surface area contributed by atoms with Crippen LogP contribution in [0.25, 0.3) is 0 Å².